The molecule has 0 amide bonds. The van der Waals surface area contributed by atoms with Crippen molar-refractivity contribution in [3.05, 3.63) is 18.6 Å². The Balaban J connectivity index is -0.0000000497. The summed E-state index contributed by atoms with van der Waals surface area (Å²) in [5, 5.41) is 7.63. The topological polar surface area (TPSA) is 43.6 Å². The summed E-state index contributed by atoms with van der Waals surface area (Å²) in [7, 11) is 1.89. The number of aromatic nitrogens is 4. The summed E-state index contributed by atoms with van der Waals surface area (Å²) in [6.45, 7) is 0. The fourth-order valence-corrected chi connectivity index (χ4v) is 0.873. The van der Waals surface area contributed by atoms with Gasteiger partial charge in [-0.2, -0.15) is 5.10 Å². The molecular formula is C6H6F14N4. The number of fused-ring (bicyclic) bond motifs is 1. The Hall–Kier alpha value is -2.43. The van der Waals surface area contributed by atoms with E-state index < -0.39 is 0 Å². The van der Waals surface area contributed by atoms with Crippen LogP contribution in [0.4, 0.5) is 64.0 Å². The zero-order valence-corrected chi connectivity index (χ0v) is 10.8. The number of aryl methyl sites for hydroxylation is 1. The Kier molecular flexibility index (Phi) is 78.2. The number of halogens is 14. The molecule has 0 radical (unpaired) electrons. The lowest BCUT2D eigenvalue weighted by Crippen LogP contribution is -1.88. The van der Waals surface area contributed by atoms with Gasteiger partial charge in [0, 0.05) is 71.1 Å². The van der Waals surface area contributed by atoms with Gasteiger partial charge in [0.15, 0.2) is 5.65 Å². The highest BCUT2D eigenvalue weighted by molar-refractivity contribution is 5.68. The van der Waals surface area contributed by atoms with Crippen LogP contribution in [0.25, 0.3) is 11.2 Å². The highest BCUT2D eigenvalue weighted by Crippen LogP contribution is 2.03. The van der Waals surface area contributed by atoms with Crippen molar-refractivity contribution in [2.75, 3.05) is 0 Å². The molecule has 0 aromatic carbocycles. The van der Waals surface area contributed by atoms with Gasteiger partial charge in [-0.05, 0) is 6.07 Å². The molecule has 2 aromatic heterocycles. The first-order chi connectivity index (χ1) is 11.9. The minimum atomic E-state index is 0.822. The van der Waals surface area contributed by atoms with Crippen molar-refractivity contribution < 1.29 is 64.0 Å². The Bertz CT molecular complexity index is 375. The van der Waals surface area contributed by atoms with Crippen LogP contribution in [0.15, 0.2) is 18.6 Å². The normalized spacial score (nSPS) is 6.12. The molecule has 0 unspecified atom stereocenters. The van der Waals surface area contributed by atoms with E-state index in [1.807, 2.05) is 17.7 Å². The average Bonchev–Trinajstić information content (AvgIpc) is 3.14. The van der Waals surface area contributed by atoms with Crippen molar-refractivity contribution in [3.8, 4) is 0 Å². The summed E-state index contributed by atoms with van der Waals surface area (Å²) in [5.74, 6) is 0. The van der Waals surface area contributed by atoms with Gasteiger partial charge in [-0.3, -0.25) is 0 Å². The molecule has 0 spiro atoms. The fraction of sp³-hybridized carbons (Fsp3) is 0.167. The first kappa shape index (κ1) is 37.6. The average molecular weight is 400 g/mol. The quantitative estimate of drug-likeness (QED) is 0.492. The van der Waals surface area contributed by atoms with Crippen LogP contribution in [-0.4, -0.2) is 19.7 Å². The van der Waals surface area contributed by atoms with E-state index in [-0.39, 0.29) is 0 Å². The number of rotatable bonds is 0. The van der Waals surface area contributed by atoms with E-state index in [1.54, 1.807) is 12.5 Å². The first-order valence-corrected chi connectivity index (χ1v) is 3.96. The highest BCUT2D eigenvalue weighted by atomic mass is 20.0. The van der Waals surface area contributed by atoms with E-state index in [4.69, 9.17) is 64.0 Å². The van der Waals surface area contributed by atoms with Crippen molar-refractivity contribution in [2.24, 2.45) is 7.05 Å². The van der Waals surface area contributed by atoms with Crippen molar-refractivity contribution in [1.29, 1.82) is 0 Å². The Morgan fingerprint density at radius 1 is 0.708 bits per heavy atom. The van der Waals surface area contributed by atoms with E-state index >= 15 is 0 Å². The van der Waals surface area contributed by atoms with Crippen LogP contribution >= 0.6 is 0 Å². The van der Waals surface area contributed by atoms with Crippen LogP contribution in [0.5, 0.6) is 0 Å². The van der Waals surface area contributed by atoms with Gasteiger partial charge in [0.05, 0.1) is 12.5 Å². The van der Waals surface area contributed by atoms with Gasteiger partial charge in [-0.1, -0.05) is 0 Å². The highest BCUT2D eigenvalue weighted by Gasteiger charge is 1.96. The molecule has 18 heteroatoms. The van der Waals surface area contributed by atoms with E-state index in [0.29, 0.717) is 0 Å². The predicted octanol–water partition coefficient (Wildman–Crippen LogP) is 6.25. The maximum atomic E-state index is 8.00. The van der Waals surface area contributed by atoms with Gasteiger partial charge in [0.1, 0.15) is 5.52 Å². The second kappa shape index (κ2) is 49.9. The molecule has 0 saturated carbocycles. The van der Waals surface area contributed by atoms with Gasteiger partial charge >= 0.3 is 0 Å². The van der Waals surface area contributed by atoms with E-state index in [1.165, 1.54) is 0 Å². The SMILES string of the molecule is Cn1cnc2ccnnc21.FF.FF.FF.FF.FF.FF.FF. The molecule has 2 aromatic rings. The Morgan fingerprint density at radius 2 is 1.08 bits per heavy atom. The van der Waals surface area contributed by atoms with Crippen LogP contribution in [0.3, 0.4) is 0 Å². The molecule has 148 valence electrons. The van der Waals surface area contributed by atoms with E-state index in [9.17, 15) is 0 Å². The number of imidazole rings is 1. The minimum Gasteiger partial charge on any atom is -0.317 e. The Labute approximate surface area is 122 Å². The first-order valence-electron chi connectivity index (χ1n) is 3.96. The fourth-order valence-electron chi connectivity index (χ4n) is 0.873. The third-order valence-electron chi connectivity index (χ3n) is 1.38. The lowest BCUT2D eigenvalue weighted by molar-refractivity contribution is 0.108. The van der Waals surface area contributed by atoms with E-state index in [0.717, 1.165) is 11.2 Å². The molecule has 0 N–H and O–H groups in total. The third-order valence-corrected chi connectivity index (χ3v) is 1.38. The maximum Gasteiger partial charge on any atom is 0.182 e. The second-order valence-corrected chi connectivity index (χ2v) is 2.10. The van der Waals surface area contributed by atoms with E-state index in [2.05, 4.69) is 15.2 Å². The molecule has 0 bridgehead atoms. The standard InChI is InChI=1S/C6H6N4.7F2/c1-10-4-7-5-2-3-8-9-6(5)10;7*1-2/h2-4H,1H3;;;;;;;. The molecule has 0 aliphatic rings. The molecule has 4 nitrogen and oxygen atoms in total. The molecule has 0 aliphatic heterocycles. The van der Waals surface area contributed by atoms with Crippen molar-refractivity contribution in [1.82, 2.24) is 19.7 Å². The molecule has 24 heavy (non-hydrogen) atoms. The molecule has 0 atom stereocenters. The molecular weight excluding hydrogens is 394 g/mol. The van der Waals surface area contributed by atoms with Crippen LogP contribution < -0.4 is 0 Å². The number of nitrogens with zero attached hydrogens (tertiary/aromatic N) is 4. The monoisotopic (exact) mass is 400 g/mol. The zero-order chi connectivity index (χ0) is 21.0. The molecule has 2 heterocycles. The number of hydrogen-bond donors (Lipinski definition) is 0. The van der Waals surface area contributed by atoms with Crippen LogP contribution in [-0.2, 0) is 7.05 Å². The third kappa shape index (κ3) is 21.9. The van der Waals surface area contributed by atoms with Crippen LogP contribution in [0.1, 0.15) is 0 Å². The number of hydrogen-bond acceptors (Lipinski definition) is 3. The largest absolute Gasteiger partial charge is 0.317 e. The lowest BCUT2D eigenvalue weighted by atomic mass is 10.5. The van der Waals surface area contributed by atoms with Crippen LogP contribution in [0.2, 0.25) is 0 Å². The van der Waals surface area contributed by atoms with Crippen molar-refractivity contribution in [2.45, 2.75) is 0 Å². The smallest absolute Gasteiger partial charge is 0.182 e. The summed E-state index contributed by atoms with van der Waals surface area (Å²) >= 11 is 0. The molecule has 2 rings (SSSR count). The van der Waals surface area contributed by atoms with Gasteiger partial charge < -0.3 is 4.57 Å². The van der Waals surface area contributed by atoms with Crippen molar-refractivity contribution in [3.63, 3.8) is 0 Å². The van der Waals surface area contributed by atoms with Crippen molar-refractivity contribution >= 4 is 11.2 Å². The second-order valence-electron chi connectivity index (χ2n) is 2.10. The molecule has 0 aliphatic carbocycles. The summed E-state index contributed by atoms with van der Waals surface area (Å²) < 4.78 is 114. The lowest BCUT2D eigenvalue weighted by Gasteiger charge is -1.87. The van der Waals surface area contributed by atoms with Gasteiger partial charge in [-0.25, -0.2) is 4.98 Å². The van der Waals surface area contributed by atoms with Gasteiger partial charge in [-0.15, -0.1) is 5.10 Å². The minimum absolute atomic E-state index is 0.822. The van der Waals surface area contributed by atoms with Crippen LogP contribution in [0, 0.1) is 0 Å². The summed E-state index contributed by atoms with van der Waals surface area (Å²) in [6.07, 6.45) is 3.36. The Morgan fingerprint density at radius 3 is 1.42 bits per heavy atom. The van der Waals surface area contributed by atoms with Gasteiger partial charge in [0.2, 0.25) is 0 Å². The summed E-state index contributed by atoms with van der Waals surface area (Å²) in [5.41, 5.74) is 1.71. The summed E-state index contributed by atoms with van der Waals surface area (Å²) in [4.78, 5) is 4.08. The molecule has 0 saturated heterocycles. The van der Waals surface area contributed by atoms with Gasteiger partial charge in [0.25, 0.3) is 0 Å². The summed E-state index contributed by atoms with van der Waals surface area (Å²) in [6, 6.07) is 1.84. The maximum absolute atomic E-state index is 8.00. The predicted molar refractivity (Wildman–Crippen MR) is 51.8 cm³/mol. The molecule has 0 fully saturated rings. The zero-order valence-electron chi connectivity index (χ0n) is 10.8.